The van der Waals surface area contributed by atoms with Gasteiger partial charge in [0.05, 0.1) is 0 Å². The molecule has 0 fully saturated rings. The number of nitrogens with zero attached hydrogens (tertiary/aromatic N) is 3. The third-order valence-electron chi connectivity index (χ3n) is 5.02. The van der Waals surface area contributed by atoms with Gasteiger partial charge in [0.2, 0.25) is 11.7 Å². The molecule has 2 heterocycles. The fourth-order valence-electron chi connectivity index (χ4n) is 3.27. The summed E-state index contributed by atoms with van der Waals surface area (Å²) in [5.41, 5.74) is 2.59. The molecule has 1 N–H and O–H groups in total. The highest BCUT2D eigenvalue weighted by Crippen LogP contribution is 2.33. The molecule has 0 radical (unpaired) electrons. The molecule has 0 bridgehead atoms. The summed E-state index contributed by atoms with van der Waals surface area (Å²) in [7, 11) is 0. The zero-order valence-corrected chi connectivity index (χ0v) is 17.9. The van der Waals surface area contributed by atoms with Gasteiger partial charge in [-0.1, -0.05) is 85.7 Å². The van der Waals surface area contributed by atoms with Crippen molar-refractivity contribution in [3.63, 3.8) is 0 Å². The van der Waals surface area contributed by atoms with Crippen molar-refractivity contribution in [3.8, 4) is 22.7 Å². The van der Waals surface area contributed by atoms with Crippen LogP contribution in [0.5, 0.6) is 0 Å². The molecule has 7 nitrogen and oxygen atoms in total. The number of nitrogens with one attached hydrogen (secondary N) is 1. The maximum Gasteiger partial charge on any atom is 0.274 e. The van der Waals surface area contributed by atoms with Gasteiger partial charge in [0.1, 0.15) is 6.04 Å². The Morgan fingerprint density at radius 3 is 2.39 bits per heavy atom. The molecule has 2 aromatic carbocycles. The Hall–Kier alpha value is -3.74. The van der Waals surface area contributed by atoms with Crippen LogP contribution >= 0.6 is 0 Å². The second-order valence-electron chi connectivity index (χ2n) is 8.49. The van der Waals surface area contributed by atoms with Gasteiger partial charge in [-0.05, 0) is 17.9 Å². The second-order valence-corrected chi connectivity index (χ2v) is 8.49. The van der Waals surface area contributed by atoms with Gasteiger partial charge in [-0.3, -0.25) is 4.79 Å². The second kappa shape index (κ2) is 8.18. The molecule has 0 saturated heterocycles. The zero-order chi connectivity index (χ0) is 22.0. The maximum atomic E-state index is 13.0. The molecule has 31 heavy (non-hydrogen) atoms. The van der Waals surface area contributed by atoms with Gasteiger partial charge in [0, 0.05) is 17.2 Å². The molecule has 1 unspecified atom stereocenters. The van der Waals surface area contributed by atoms with E-state index in [4.69, 9.17) is 9.05 Å². The molecule has 4 rings (SSSR count). The SMILES string of the molecule is Cc1ccccc1-c1cc(C(=O)NC(c2nc(-c3ccccc3)no2)C(C)(C)C)no1. The summed E-state index contributed by atoms with van der Waals surface area (Å²) in [6.07, 6.45) is 0. The average Bonchev–Trinajstić information content (AvgIpc) is 3.42. The van der Waals surface area contributed by atoms with Crippen molar-refractivity contribution >= 4 is 5.91 Å². The van der Waals surface area contributed by atoms with Crippen molar-refractivity contribution in [2.45, 2.75) is 33.7 Å². The van der Waals surface area contributed by atoms with Crippen LogP contribution in [0.2, 0.25) is 0 Å². The van der Waals surface area contributed by atoms with Crippen LogP contribution in [0.15, 0.2) is 69.7 Å². The minimum absolute atomic E-state index is 0.190. The van der Waals surface area contributed by atoms with Crippen LogP contribution in [0, 0.1) is 12.3 Å². The molecule has 158 valence electrons. The average molecular weight is 416 g/mol. The van der Waals surface area contributed by atoms with Crippen LogP contribution in [-0.2, 0) is 0 Å². The van der Waals surface area contributed by atoms with E-state index < -0.39 is 6.04 Å². The van der Waals surface area contributed by atoms with Crippen molar-refractivity contribution in [1.29, 1.82) is 0 Å². The number of aromatic nitrogens is 3. The van der Waals surface area contributed by atoms with Gasteiger partial charge in [0.25, 0.3) is 5.91 Å². The lowest BCUT2D eigenvalue weighted by Gasteiger charge is -2.27. The summed E-state index contributed by atoms with van der Waals surface area (Å²) in [5, 5.41) is 11.0. The van der Waals surface area contributed by atoms with Crippen molar-refractivity contribution in [1.82, 2.24) is 20.6 Å². The lowest BCUT2D eigenvalue weighted by Crippen LogP contribution is -2.37. The van der Waals surface area contributed by atoms with Crippen molar-refractivity contribution < 1.29 is 13.8 Å². The van der Waals surface area contributed by atoms with Crippen molar-refractivity contribution in [3.05, 3.63) is 77.8 Å². The predicted octanol–water partition coefficient (Wildman–Crippen LogP) is 5.22. The Kier molecular flexibility index (Phi) is 5.42. The summed E-state index contributed by atoms with van der Waals surface area (Å²) < 4.78 is 10.9. The summed E-state index contributed by atoms with van der Waals surface area (Å²) >= 11 is 0. The van der Waals surface area contributed by atoms with E-state index in [0.29, 0.717) is 17.5 Å². The predicted molar refractivity (Wildman–Crippen MR) is 116 cm³/mol. The van der Waals surface area contributed by atoms with Gasteiger partial charge in [-0.25, -0.2) is 0 Å². The van der Waals surface area contributed by atoms with Crippen LogP contribution in [0.3, 0.4) is 0 Å². The number of benzene rings is 2. The van der Waals surface area contributed by atoms with E-state index in [9.17, 15) is 4.79 Å². The fraction of sp³-hybridized carbons (Fsp3) is 0.250. The molecule has 0 aliphatic heterocycles. The van der Waals surface area contributed by atoms with Crippen LogP contribution in [-0.4, -0.2) is 21.2 Å². The lowest BCUT2D eigenvalue weighted by atomic mass is 9.86. The highest BCUT2D eigenvalue weighted by Gasteiger charge is 2.34. The number of amides is 1. The number of carbonyl (C=O) groups excluding carboxylic acids is 1. The normalized spacial score (nSPS) is 12.5. The Morgan fingerprint density at radius 2 is 1.68 bits per heavy atom. The van der Waals surface area contributed by atoms with E-state index in [-0.39, 0.29) is 17.0 Å². The smallest absolute Gasteiger partial charge is 0.274 e. The van der Waals surface area contributed by atoms with Crippen LogP contribution in [0.25, 0.3) is 22.7 Å². The molecular weight excluding hydrogens is 392 g/mol. The van der Waals surface area contributed by atoms with E-state index in [2.05, 4.69) is 20.6 Å². The topological polar surface area (TPSA) is 94.1 Å². The van der Waals surface area contributed by atoms with Crippen molar-refractivity contribution in [2.24, 2.45) is 5.41 Å². The highest BCUT2D eigenvalue weighted by molar-refractivity contribution is 5.93. The monoisotopic (exact) mass is 416 g/mol. The highest BCUT2D eigenvalue weighted by atomic mass is 16.5. The van der Waals surface area contributed by atoms with E-state index in [1.54, 1.807) is 6.07 Å². The van der Waals surface area contributed by atoms with Gasteiger partial charge in [-0.15, -0.1) is 0 Å². The molecule has 0 aliphatic rings. The minimum atomic E-state index is -0.511. The fourth-order valence-corrected chi connectivity index (χ4v) is 3.27. The summed E-state index contributed by atoms with van der Waals surface area (Å²) in [4.78, 5) is 17.5. The largest absolute Gasteiger partial charge is 0.355 e. The molecule has 1 atom stereocenters. The first-order valence-electron chi connectivity index (χ1n) is 10.1. The van der Waals surface area contributed by atoms with Gasteiger partial charge in [-0.2, -0.15) is 4.98 Å². The summed E-state index contributed by atoms with van der Waals surface area (Å²) in [6.45, 7) is 7.96. The molecule has 0 aliphatic carbocycles. The molecule has 0 saturated carbocycles. The lowest BCUT2D eigenvalue weighted by molar-refractivity contribution is 0.0871. The molecule has 2 aromatic heterocycles. The molecule has 7 heteroatoms. The third-order valence-corrected chi connectivity index (χ3v) is 5.02. The zero-order valence-electron chi connectivity index (χ0n) is 17.9. The summed E-state index contributed by atoms with van der Waals surface area (Å²) in [6, 6.07) is 18.5. The third kappa shape index (κ3) is 4.40. The maximum absolute atomic E-state index is 13.0. The molecule has 0 spiro atoms. The first kappa shape index (κ1) is 20.5. The van der Waals surface area contributed by atoms with Crippen LogP contribution in [0.4, 0.5) is 0 Å². The number of aryl methyl sites for hydroxylation is 1. The van der Waals surface area contributed by atoms with Gasteiger partial charge in [0.15, 0.2) is 11.5 Å². The Balaban J connectivity index is 1.58. The first-order chi connectivity index (χ1) is 14.8. The Labute approximate surface area is 180 Å². The minimum Gasteiger partial charge on any atom is -0.355 e. The van der Waals surface area contributed by atoms with Crippen LogP contribution in [0.1, 0.15) is 48.8 Å². The Bertz CT molecular complexity index is 1190. The number of rotatable bonds is 5. The van der Waals surface area contributed by atoms with E-state index in [0.717, 1.165) is 16.7 Å². The number of hydrogen-bond donors (Lipinski definition) is 1. The molecular formula is C24H24N4O3. The number of carbonyl (C=O) groups is 1. The van der Waals surface area contributed by atoms with E-state index in [1.165, 1.54) is 0 Å². The summed E-state index contributed by atoms with van der Waals surface area (Å²) in [5.74, 6) is 0.979. The quantitative estimate of drug-likeness (QED) is 0.479. The Morgan fingerprint density at radius 1 is 0.968 bits per heavy atom. The number of hydrogen-bond acceptors (Lipinski definition) is 6. The van der Waals surface area contributed by atoms with Crippen molar-refractivity contribution in [2.75, 3.05) is 0 Å². The van der Waals surface area contributed by atoms with Gasteiger partial charge >= 0.3 is 0 Å². The first-order valence-corrected chi connectivity index (χ1v) is 10.1. The van der Waals surface area contributed by atoms with E-state index in [1.807, 2.05) is 82.3 Å². The van der Waals surface area contributed by atoms with E-state index >= 15 is 0 Å². The molecule has 4 aromatic rings. The van der Waals surface area contributed by atoms with Crippen LogP contribution < -0.4 is 5.32 Å². The standard InChI is InChI=1S/C24H24N4O3/c1-15-10-8-9-13-17(15)19-14-18(27-30-19)22(29)25-20(24(2,3)4)23-26-21(28-31-23)16-11-6-5-7-12-16/h5-14,20H,1-4H3,(H,25,29). The molecule has 1 amide bonds. The van der Waals surface area contributed by atoms with Gasteiger partial charge < -0.3 is 14.4 Å².